The van der Waals surface area contributed by atoms with Gasteiger partial charge in [-0.2, -0.15) is 0 Å². The third-order valence-corrected chi connectivity index (χ3v) is 2.56. The van der Waals surface area contributed by atoms with Gasteiger partial charge in [-0.25, -0.2) is 9.59 Å². The number of esters is 1. The van der Waals surface area contributed by atoms with Gasteiger partial charge < -0.3 is 14.4 Å². The minimum atomic E-state index is -0.816. The van der Waals surface area contributed by atoms with Crippen molar-refractivity contribution in [3.05, 3.63) is 0 Å². The molecule has 0 radical (unpaired) electrons. The minimum Gasteiger partial charge on any atom is -0.460 e. The van der Waals surface area contributed by atoms with Gasteiger partial charge in [0.15, 0.2) is 0 Å². The van der Waals surface area contributed by atoms with Crippen LogP contribution in [-0.4, -0.2) is 49.0 Å². The van der Waals surface area contributed by atoms with E-state index in [1.807, 2.05) is 0 Å². The quantitative estimate of drug-likeness (QED) is 0.534. The van der Waals surface area contributed by atoms with Crippen molar-refractivity contribution >= 4 is 17.8 Å². The lowest BCUT2D eigenvalue weighted by Gasteiger charge is -2.14. The van der Waals surface area contributed by atoms with Crippen LogP contribution in [0.15, 0.2) is 0 Å². The van der Waals surface area contributed by atoms with Crippen LogP contribution in [0.25, 0.3) is 0 Å². The Kier molecular flexibility index (Phi) is 4.93. The van der Waals surface area contributed by atoms with Crippen LogP contribution in [0.4, 0.5) is 4.79 Å². The Morgan fingerprint density at radius 1 is 1.18 bits per heavy atom. The number of hydrogen-bond acceptors (Lipinski definition) is 5. The number of ketones is 1. The van der Waals surface area contributed by atoms with E-state index in [0.717, 1.165) is 0 Å². The smallest absolute Gasteiger partial charge is 0.409 e. The highest BCUT2D eigenvalue weighted by molar-refractivity contribution is 6.34. The molecule has 0 aromatic rings. The molecule has 0 aromatic carbocycles. The Morgan fingerprint density at radius 3 is 2.41 bits per heavy atom. The van der Waals surface area contributed by atoms with Crippen LogP contribution in [-0.2, 0) is 19.1 Å². The molecule has 1 amide bonds. The number of likely N-dealkylation sites (tertiary alicyclic amines) is 1. The Bertz CT molecular complexity index is 315. The highest BCUT2D eigenvalue weighted by Gasteiger charge is 2.35. The Labute approximate surface area is 99.9 Å². The normalized spacial score (nSPS) is 18.9. The fourth-order valence-electron chi connectivity index (χ4n) is 1.72. The number of nitrogens with zero attached hydrogens (tertiary/aromatic N) is 1. The minimum absolute atomic E-state index is 0.179. The predicted molar refractivity (Wildman–Crippen MR) is 58.3 cm³/mol. The van der Waals surface area contributed by atoms with Crippen molar-refractivity contribution in [3.63, 3.8) is 0 Å². The monoisotopic (exact) mass is 243 g/mol. The first-order chi connectivity index (χ1) is 8.10. The average molecular weight is 243 g/mol. The van der Waals surface area contributed by atoms with Crippen molar-refractivity contribution in [1.29, 1.82) is 0 Å². The molecular weight excluding hydrogens is 226 g/mol. The van der Waals surface area contributed by atoms with Gasteiger partial charge in [0, 0.05) is 19.0 Å². The maximum absolute atomic E-state index is 11.6. The summed E-state index contributed by atoms with van der Waals surface area (Å²) in [6, 6.07) is 0. The van der Waals surface area contributed by atoms with Crippen LogP contribution < -0.4 is 0 Å². The number of carbonyl (C=O) groups is 3. The molecule has 0 N–H and O–H groups in total. The predicted octanol–water partition coefficient (Wildman–Crippen LogP) is 0.597. The molecule has 1 unspecified atom stereocenters. The molecule has 0 bridgehead atoms. The zero-order valence-corrected chi connectivity index (χ0v) is 10.1. The van der Waals surface area contributed by atoms with E-state index < -0.39 is 23.8 Å². The van der Waals surface area contributed by atoms with Gasteiger partial charge in [-0.1, -0.05) is 0 Å². The van der Waals surface area contributed by atoms with Gasteiger partial charge in [0.1, 0.15) is 0 Å². The van der Waals surface area contributed by atoms with Crippen molar-refractivity contribution in [3.8, 4) is 0 Å². The number of Topliss-reactive ketones (excluding diaryl/α,β-unsaturated/α-hetero) is 1. The summed E-state index contributed by atoms with van der Waals surface area (Å²) >= 11 is 0. The fourth-order valence-corrected chi connectivity index (χ4v) is 1.72. The lowest BCUT2D eigenvalue weighted by Crippen LogP contribution is -2.32. The Morgan fingerprint density at radius 2 is 1.82 bits per heavy atom. The Balaban J connectivity index is 2.47. The molecule has 0 aromatic heterocycles. The molecule has 0 spiro atoms. The highest BCUT2D eigenvalue weighted by atomic mass is 16.6. The zero-order chi connectivity index (χ0) is 12.8. The van der Waals surface area contributed by atoms with Crippen molar-refractivity contribution < 1.29 is 23.9 Å². The van der Waals surface area contributed by atoms with E-state index in [4.69, 9.17) is 4.74 Å². The van der Waals surface area contributed by atoms with E-state index in [0.29, 0.717) is 19.6 Å². The first kappa shape index (κ1) is 13.5. The van der Waals surface area contributed by atoms with Gasteiger partial charge in [-0.05, 0) is 20.3 Å². The summed E-state index contributed by atoms with van der Waals surface area (Å²) in [6.45, 7) is 4.51. The second-order valence-corrected chi connectivity index (χ2v) is 3.72. The van der Waals surface area contributed by atoms with Crippen LogP contribution in [0, 0.1) is 5.92 Å². The number of hydrogen-bond donors (Lipinski definition) is 0. The number of rotatable bonds is 4. The van der Waals surface area contributed by atoms with Gasteiger partial charge in [0.25, 0.3) is 0 Å². The van der Waals surface area contributed by atoms with Gasteiger partial charge in [-0.3, -0.25) is 4.79 Å². The van der Waals surface area contributed by atoms with Crippen molar-refractivity contribution in [2.45, 2.75) is 20.3 Å². The summed E-state index contributed by atoms with van der Waals surface area (Å²) in [5.74, 6) is -1.83. The third kappa shape index (κ3) is 3.44. The molecule has 6 nitrogen and oxygen atoms in total. The zero-order valence-electron chi connectivity index (χ0n) is 10.1. The maximum atomic E-state index is 11.6. The molecule has 1 rings (SSSR count). The second kappa shape index (κ2) is 6.22. The SMILES string of the molecule is CCOC(=O)C(=O)C1CCN(C(=O)OCC)C1. The number of amides is 1. The van der Waals surface area contributed by atoms with Crippen LogP contribution in [0.5, 0.6) is 0 Å². The van der Waals surface area contributed by atoms with Crippen LogP contribution >= 0.6 is 0 Å². The summed E-state index contributed by atoms with van der Waals surface area (Å²) in [5.41, 5.74) is 0. The molecule has 0 aliphatic carbocycles. The molecule has 6 heteroatoms. The second-order valence-electron chi connectivity index (χ2n) is 3.72. The first-order valence-corrected chi connectivity index (χ1v) is 5.72. The highest BCUT2D eigenvalue weighted by Crippen LogP contribution is 2.18. The van der Waals surface area contributed by atoms with Crippen molar-refractivity contribution in [2.75, 3.05) is 26.3 Å². The molecule has 96 valence electrons. The van der Waals surface area contributed by atoms with Gasteiger partial charge >= 0.3 is 12.1 Å². The fraction of sp³-hybridized carbons (Fsp3) is 0.727. The van der Waals surface area contributed by atoms with Crippen molar-refractivity contribution in [2.24, 2.45) is 5.92 Å². The molecular formula is C11H17NO5. The topological polar surface area (TPSA) is 72.9 Å². The van der Waals surface area contributed by atoms with E-state index in [9.17, 15) is 14.4 Å². The summed E-state index contributed by atoms with van der Waals surface area (Å²) in [4.78, 5) is 35.7. The van der Waals surface area contributed by atoms with E-state index >= 15 is 0 Å². The van der Waals surface area contributed by atoms with Gasteiger partial charge in [-0.15, -0.1) is 0 Å². The summed E-state index contributed by atoms with van der Waals surface area (Å²) in [6.07, 6.45) is 0.0443. The average Bonchev–Trinajstić information content (AvgIpc) is 2.78. The first-order valence-electron chi connectivity index (χ1n) is 5.72. The molecule has 1 heterocycles. The van der Waals surface area contributed by atoms with E-state index in [1.54, 1.807) is 13.8 Å². The molecule has 17 heavy (non-hydrogen) atoms. The summed E-state index contributed by atoms with van der Waals surface area (Å²) in [7, 11) is 0. The third-order valence-electron chi connectivity index (χ3n) is 2.56. The van der Waals surface area contributed by atoms with E-state index in [-0.39, 0.29) is 13.2 Å². The molecule has 1 aliphatic heterocycles. The summed E-state index contributed by atoms with van der Waals surface area (Å²) in [5, 5.41) is 0. The van der Waals surface area contributed by atoms with E-state index in [2.05, 4.69) is 4.74 Å². The Hall–Kier alpha value is -1.59. The molecule has 1 aliphatic rings. The lowest BCUT2D eigenvalue weighted by molar-refractivity contribution is -0.155. The molecule has 1 saturated heterocycles. The van der Waals surface area contributed by atoms with Crippen molar-refractivity contribution in [1.82, 2.24) is 4.90 Å². The van der Waals surface area contributed by atoms with Crippen LogP contribution in [0.1, 0.15) is 20.3 Å². The summed E-state index contributed by atoms with van der Waals surface area (Å²) < 4.78 is 9.46. The van der Waals surface area contributed by atoms with E-state index in [1.165, 1.54) is 4.90 Å². The lowest BCUT2D eigenvalue weighted by atomic mass is 10.0. The standard InChI is InChI=1S/C11H17NO5/c1-3-16-10(14)9(13)8-5-6-12(7-8)11(15)17-4-2/h8H,3-7H2,1-2H3. The number of carbonyl (C=O) groups excluding carboxylic acids is 3. The van der Waals surface area contributed by atoms with Crippen LogP contribution in [0.3, 0.4) is 0 Å². The largest absolute Gasteiger partial charge is 0.460 e. The maximum Gasteiger partial charge on any atom is 0.409 e. The van der Waals surface area contributed by atoms with Crippen LogP contribution in [0.2, 0.25) is 0 Å². The molecule has 0 saturated carbocycles. The van der Waals surface area contributed by atoms with Gasteiger partial charge in [0.05, 0.1) is 13.2 Å². The molecule has 1 atom stereocenters. The molecule has 1 fully saturated rings. The van der Waals surface area contributed by atoms with Gasteiger partial charge in [0.2, 0.25) is 5.78 Å². The number of ether oxygens (including phenoxy) is 2.